The van der Waals surface area contributed by atoms with Crippen molar-refractivity contribution < 1.29 is 31.3 Å². The molecular formula is C30H33F5N3O2PS. The highest BCUT2D eigenvalue weighted by Gasteiger charge is 2.32. The number of fused-ring (bicyclic) bond motifs is 1. The molecule has 0 saturated carbocycles. The maximum atomic E-state index is 14.7. The van der Waals surface area contributed by atoms with Gasteiger partial charge in [0.25, 0.3) is 0 Å². The van der Waals surface area contributed by atoms with Crippen LogP contribution in [0.5, 0.6) is 5.75 Å². The van der Waals surface area contributed by atoms with E-state index in [4.69, 9.17) is 4.74 Å². The summed E-state index contributed by atoms with van der Waals surface area (Å²) in [5, 5.41) is 7.33. The van der Waals surface area contributed by atoms with Gasteiger partial charge in [-0.1, -0.05) is 37.8 Å². The zero-order valence-corrected chi connectivity index (χ0v) is 25.3. The van der Waals surface area contributed by atoms with E-state index in [0.29, 0.717) is 51.6 Å². The highest BCUT2D eigenvalue weighted by molar-refractivity contribution is 7.34. The van der Waals surface area contributed by atoms with Crippen molar-refractivity contribution in [3.05, 3.63) is 45.8 Å². The lowest BCUT2D eigenvalue weighted by molar-refractivity contribution is -0.126. The quantitative estimate of drug-likeness (QED) is 0.141. The van der Waals surface area contributed by atoms with Gasteiger partial charge in [0.1, 0.15) is 6.17 Å². The maximum Gasteiger partial charge on any atom is 0.393 e. The summed E-state index contributed by atoms with van der Waals surface area (Å²) in [5.74, 6) is 6.09. The van der Waals surface area contributed by atoms with Gasteiger partial charge in [-0.2, -0.15) is 13.2 Å². The third-order valence-corrected chi connectivity index (χ3v) is 9.10. The van der Waals surface area contributed by atoms with Crippen LogP contribution in [0.3, 0.4) is 0 Å². The van der Waals surface area contributed by atoms with Crippen molar-refractivity contribution in [1.29, 1.82) is 0 Å². The molecule has 2 unspecified atom stereocenters. The Morgan fingerprint density at radius 2 is 2.00 bits per heavy atom. The van der Waals surface area contributed by atoms with E-state index in [1.165, 1.54) is 0 Å². The molecule has 1 aromatic heterocycles. The van der Waals surface area contributed by atoms with Crippen molar-refractivity contribution >= 4 is 46.6 Å². The van der Waals surface area contributed by atoms with Crippen LogP contribution in [0.25, 0.3) is 10.1 Å². The molecule has 2 N–H and O–H groups in total. The number of alkyl halides is 5. The monoisotopic (exact) mass is 625 g/mol. The van der Waals surface area contributed by atoms with Crippen LogP contribution in [-0.4, -0.2) is 56.8 Å². The first-order valence-electron chi connectivity index (χ1n) is 13.7. The molecule has 226 valence electrons. The molecule has 0 bridgehead atoms. The van der Waals surface area contributed by atoms with Gasteiger partial charge in [-0.3, -0.25) is 4.57 Å². The fraction of sp³-hybridized carbons (Fsp3) is 0.467. The third kappa shape index (κ3) is 7.34. The first kappa shape index (κ1) is 32.0. The topological polar surface area (TPSA) is 53.6 Å². The minimum atomic E-state index is -4.45. The van der Waals surface area contributed by atoms with E-state index >= 15 is 0 Å². The van der Waals surface area contributed by atoms with Gasteiger partial charge in [0.15, 0.2) is 14.2 Å². The first-order chi connectivity index (χ1) is 20.1. The molecular weight excluding hydrogens is 592 g/mol. The van der Waals surface area contributed by atoms with Gasteiger partial charge in [-0.05, 0) is 55.0 Å². The van der Waals surface area contributed by atoms with Crippen LogP contribution < -0.4 is 20.7 Å². The summed E-state index contributed by atoms with van der Waals surface area (Å²) in [7, 11) is 1.65. The number of likely N-dealkylation sites (tertiary alicyclic amines) is 1. The summed E-state index contributed by atoms with van der Waals surface area (Å²) < 4.78 is 86.5. The second-order valence-electron chi connectivity index (χ2n) is 10.1. The van der Waals surface area contributed by atoms with Gasteiger partial charge in [0.05, 0.1) is 45.3 Å². The van der Waals surface area contributed by atoms with Crippen molar-refractivity contribution in [1.82, 2.24) is 4.90 Å². The summed E-state index contributed by atoms with van der Waals surface area (Å²) in [6, 6.07) is 6.40. The predicted octanol–water partition coefficient (Wildman–Crippen LogP) is 7.27. The standard InChI is InChI=1S/C30H33F5N3O2PS/c1-4-18-14-25(41-39)19(5-2)28(40-17-31)27(18)36-12-7-10-26-21(15-30(33,34)35)20-8-6-9-24(29(20)42-26)37-23-11-13-38(3)16-22(23)32/h6,8-9,14,22-23,36-37H,4-5,11-13,15-17H2,1-3H3. The Kier molecular flexibility index (Phi) is 10.7. The molecule has 1 aliphatic rings. The van der Waals surface area contributed by atoms with Crippen LogP contribution in [-0.2, 0) is 23.8 Å². The van der Waals surface area contributed by atoms with E-state index < -0.39 is 31.7 Å². The van der Waals surface area contributed by atoms with E-state index in [1.54, 1.807) is 24.3 Å². The number of benzene rings is 2. The number of hydrogen-bond acceptors (Lipinski definition) is 6. The van der Waals surface area contributed by atoms with Crippen LogP contribution >= 0.6 is 19.8 Å². The Hall–Kier alpha value is -2.93. The van der Waals surface area contributed by atoms with E-state index in [0.717, 1.165) is 23.4 Å². The highest BCUT2D eigenvalue weighted by Crippen LogP contribution is 2.40. The van der Waals surface area contributed by atoms with Crippen molar-refractivity contribution in [2.24, 2.45) is 0 Å². The van der Waals surface area contributed by atoms with E-state index in [2.05, 4.69) is 22.5 Å². The zero-order chi connectivity index (χ0) is 30.4. The molecule has 2 heterocycles. The zero-order valence-electron chi connectivity index (χ0n) is 23.6. The Balaban J connectivity index is 1.67. The Morgan fingerprint density at radius 1 is 1.21 bits per heavy atom. The van der Waals surface area contributed by atoms with Crippen molar-refractivity contribution in [3.8, 4) is 17.6 Å². The molecule has 2 atom stereocenters. The van der Waals surface area contributed by atoms with Crippen LogP contribution in [0.2, 0.25) is 0 Å². The molecule has 0 aliphatic carbocycles. The average Bonchev–Trinajstić information content (AvgIpc) is 3.29. The predicted molar refractivity (Wildman–Crippen MR) is 160 cm³/mol. The molecule has 0 spiro atoms. The van der Waals surface area contributed by atoms with Gasteiger partial charge in [-0.25, -0.2) is 8.78 Å². The van der Waals surface area contributed by atoms with E-state index in [-0.39, 0.29) is 37.7 Å². The maximum absolute atomic E-state index is 14.7. The molecule has 1 aliphatic heterocycles. The van der Waals surface area contributed by atoms with Crippen molar-refractivity contribution in [2.45, 2.75) is 57.9 Å². The lowest BCUT2D eigenvalue weighted by Crippen LogP contribution is -2.46. The van der Waals surface area contributed by atoms with Gasteiger partial charge in [-0.15, -0.1) is 11.3 Å². The molecule has 5 nitrogen and oxygen atoms in total. The second kappa shape index (κ2) is 14.0. The lowest BCUT2D eigenvalue weighted by atomic mass is 10.0. The first-order valence-corrected chi connectivity index (χ1v) is 15.4. The Morgan fingerprint density at radius 3 is 2.64 bits per heavy atom. The number of hydrogen-bond donors (Lipinski definition) is 2. The summed E-state index contributed by atoms with van der Waals surface area (Å²) in [4.78, 5) is 2.19. The van der Waals surface area contributed by atoms with Crippen LogP contribution in [0.4, 0.5) is 33.3 Å². The largest absolute Gasteiger partial charge is 0.460 e. The summed E-state index contributed by atoms with van der Waals surface area (Å²) in [6.45, 7) is 3.73. The smallest absolute Gasteiger partial charge is 0.393 e. The number of aryl methyl sites for hydroxylation is 1. The third-order valence-electron chi connectivity index (χ3n) is 7.31. The van der Waals surface area contributed by atoms with Crippen molar-refractivity contribution in [2.75, 3.05) is 44.2 Å². The Bertz CT molecular complexity index is 1480. The number of halogens is 5. The second-order valence-corrected chi connectivity index (χ2v) is 11.8. The SMILES string of the molecule is CCc1cc(P=O)c(CC)c(OCF)c1NCC#Cc1sc2c(NC3CCN(C)CC3F)cccc2c1CC(F)(F)F. The normalized spacial score (nSPS) is 17.7. The van der Waals surface area contributed by atoms with Crippen molar-refractivity contribution in [3.63, 3.8) is 0 Å². The number of rotatable bonds is 10. The number of piperidine rings is 1. The van der Waals surface area contributed by atoms with Gasteiger partial charge in [0.2, 0.25) is 6.86 Å². The minimum Gasteiger partial charge on any atom is -0.460 e. The van der Waals surface area contributed by atoms with E-state index in [1.807, 2.05) is 25.8 Å². The fourth-order valence-corrected chi connectivity index (χ4v) is 7.03. The lowest BCUT2D eigenvalue weighted by Gasteiger charge is -2.33. The van der Waals surface area contributed by atoms with Gasteiger partial charge in [0, 0.05) is 18.7 Å². The van der Waals surface area contributed by atoms with E-state index in [9.17, 15) is 26.5 Å². The summed E-state index contributed by atoms with van der Waals surface area (Å²) in [5.41, 5.74) is 2.56. The van der Waals surface area contributed by atoms with Gasteiger partial charge < -0.3 is 20.3 Å². The molecule has 42 heavy (non-hydrogen) atoms. The molecule has 0 amide bonds. The minimum absolute atomic E-state index is 0.0527. The Labute approximate surface area is 248 Å². The van der Waals surface area contributed by atoms with Gasteiger partial charge >= 0.3 is 6.18 Å². The van der Waals surface area contributed by atoms with Crippen LogP contribution in [0, 0.1) is 11.8 Å². The van der Waals surface area contributed by atoms with Crippen LogP contribution in [0.1, 0.15) is 41.8 Å². The number of thiophene rings is 1. The summed E-state index contributed by atoms with van der Waals surface area (Å²) >= 11 is 1.15. The van der Waals surface area contributed by atoms with Crippen LogP contribution in [0.15, 0.2) is 24.3 Å². The number of nitrogens with one attached hydrogen (secondary N) is 2. The summed E-state index contributed by atoms with van der Waals surface area (Å²) in [6.07, 6.45) is -5.10. The number of ether oxygens (including phenoxy) is 1. The molecule has 4 rings (SSSR count). The number of anilines is 2. The average molecular weight is 626 g/mol. The molecule has 1 saturated heterocycles. The number of nitrogens with zero attached hydrogens (tertiary/aromatic N) is 1. The molecule has 3 aromatic rings. The molecule has 0 radical (unpaired) electrons. The fourth-order valence-electron chi connectivity index (χ4n) is 5.28. The molecule has 2 aromatic carbocycles. The molecule has 1 fully saturated rings. The highest BCUT2D eigenvalue weighted by atomic mass is 32.1. The molecule has 12 heteroatoms.